The normalized spacial score (nSPS) is 111. The second kappa shape index (κ2) is 1.12. The number of halogens is 6. The summed E-state index contributed by atoms with van der Waals surface area (Å²) < 4.78 is 0. The standard InChI is InChI=1S/C8Cl6/c9-3-1(4(3,10)5(1,3)11)2-6(12)7(2,13)8(2,6)14. The van der Waals surface area contributed by atoms with Crippen LogP contribution in [0.1, 0.15) is 0 Å². The largest absolute Gasteiger partial charge is 0.114 e. The minimum Gasteiger partial charge on any atom is -0.114 e. The van der Waals surface area contributed by atoms with E-state index in [0.29, 0.717) is 0 Å². The monoisotopic (exact) mass is 306 g/mol. The molecule has 0 spiro atoms. The Morgan fingerprint density at radius 1 is 0.357 bits per heavy atom. The molecule has 0 bridgehead atoms. The van der Waals surface area contributed by atoms with Crippen LogP contribution in [-0.4, -0.2) is 29.2 Å². The van der Waals surface area contributed by atoms with Crippen LogP contribution in [0.25, 0.3) is 0 Å². The van der Waals surface area contributed by atoms with Gasteiger partial charge in [0.2, 0.25) is 0 Å². The highest BCUT2D eigenvalue weighted by Gasteiger charge is 3.57. The predicted molar refractivity (Wildman–Crippen MR) is 56.4 cm³/mol. The minimum atomic E-state index is -0.444. The SMILES string of the molecule is ClC12C3(Cl)C1(Cl)C23C12C3(Cl)C1(Cl)C32Cl. The summed E-state index contributed by atoms with van der Waals surface area (Å²) in [6.07, 6.45) is 0. The Morgan fingerprint density at radius 2 is 0.500 bits per heavy atom. The van der Waals surface area contributed by atoms with Gasteiger partial charge in [0.15, 0.2) is 0 Å². The molecule has 0 amide bonds. The fraction of sp³-hybridized carbons (Fsp3) is 1.00. The zero-order chi connectivity index (χ0) is 10.0. The lowest BCUT2D eigenvalue weighted by molar-refractivity contribution is 0.660. The first-order chi connectivity index (χ1) is 6.25. The van der Waals surface area contributed by atoms with E-state index in [4.69, 9.17) is 69.6 Å². The molecular formula is C8Cl6. The van der Waals surface area contributed by atoms with Crippen LogP contribution in [-0.2, 0) is 0 Å². The maximum atomic E-state index is 6.30. The van der Waals surface area contributed by atoms with Gasteiger partial charge >= 0.3 is 0 Å². The van der Waals surface area contributed by atoms with Crippen molar-refractivity contribution in [2.75, 3.05) is 0 Å². The van der Waals surface area contributed by atoms with Gasteiger partial charge in [-0.25, -0.2) is 0 Å². The van der Waals surface area contributed by atoms with Crippen LogP contribution < -0.4 is 0 Å². The third kappa shape index (κ3) is 0.211. The van der Waals surface area contributed by atoms with Gasteiger partial charge in [0.25, 0.3) is 0 Å². The van der Waals surface area contributed by atoms with Crippen LogP contribution in [0.4, 0.5) is 0 Å². The van der Waals surface area contributed by atoms with E-state index in [1.807, 2.05) is 0 Å². The molecule has 8 aliphatic rings. The van der Waals surface area contributed by atoms with E-state index in [1.54, 1.807) is 0 Å². The van der Waals surface area contributed by atoms with Crippen molar-refractivity contribution in [2.24, 2.45) is 10.8 Å². The molecule has 0 atom stereocenters. The van der Waals surface area contributed by atoms with Crippen LogP contribution in [0.3, 0.4) is 0 Å². The zero-order valence-electron chi connectivity index (χ0n) is 6.27. The van der Waals surface area contributed by atoms with E-state index in [2.05, 4.69) is 0 Å². The van der Waals surface area contributed by atoms with Gasteiger partial charge in [0, 0.05) is 10.8 Å². The highest BCUT2D eigenvalue weighted by Crippen LogP contribution is 3.42. The molecule has 0 aliphatic heterocycles. The quantitative estimate of drug-likeness (QED) is 0.654. The summed E-state index contributed by atoms with van der Waals surface area (Å²) in [6, 6.07) is 0. The van der Waals surface area contributed by atoms with E-state index in [1.165, 1.54) is 0 Å². The van der Waals surface area contributed by atoms with Gasteiger partial charge in [-0.2, -0.15) is 0 Å². The van der Waals surface area contributed by atoms with E-state index in [9.17, 15) is 0 Å². The molecule has 0 aromatic carbocycles. The summed E-state index contributed by atoms with van der Waals surface area (Å²) >= 11 is 37.8. The van der Waals surface area contributed by atoms with E-state index in [0.717, 1.165) is 0 Å². The van der Waals surface area contributed by atoms with Gasteiger partial charge in [-0.15, -0.1) is 69.6 Å². The van der Waals surface area contributed by atoms with Crippen molar-refractivity contribution >= 4 is 69.6 Å². The fourth-order valence-electron chi connectivity index (χ4n) is 5.01. The first kappa shape index (κ1) is 7.95. The van der Waals surface area contributed by atoms with E-state index < -0.39 is 29.2 Å². The van der Waals surface area contributed by atoms with Crippen molar-refractivity contribution in [3.8, 4) is 0 Å². The van der Waals surface area contributed by atoms with Crippen molar-refractivity contribution in [3.05, 3.63) is 0 Å². The van der Waals surface area contributed by atoms with Crippen LogP contribution in [0.2, 0.25) is 0 Å². The summed E-state index contributed by atoms with van der Waals surface area (Å²) in [7, 11) is 0. The summed E-state index contributed by atoms with van der Waals surface area (Å²) in [6.45, 7) is 0. The van der Waals surface area contributed by atoms with Crippen molar-refractivity contribution in [3.63, 3.8) is 0 Å². The summed E-state index contributed by atoms with van der Waals surface area (Å²) in [5.41, 5.74) is -0.480. The fourth-order valence-corrected chi connectivity index (χ4v) is 10.7. The molecule has 0 N–H and O–H groups in total. The Hall–Kier alpha value is 1.74. The molecule has 8 fully saturated rings. The number of hydrogen-bond donors (Lipinski definition) is 0. The molecule has 0 unspecified atom stereocenters. The van der Waals surface area contributed by atoms with Gasteiger partial charge in [-0.3, -0.25) is 0 Å². The first-order valence-corrected chi connectivity index (χ1v) is 6.65. The number of hydrogen-bond acceptors (Lipinski definition) is 0. The summed E-state index contributed by atoms with van der Waals surface area (Å²) in [5, 5.41) is 0. The maximum absolute atomic E-state index is 6.30. The molecule has 6 heteroatoms. The third-order valence-electron chi connectivity index (χ3n) is 6.01. The molecule has 0 saturated heterocycles. The van der Waals surface area contributed by atoms with Gasteiger partial charge in [-0.1, -0.05) is 0 Å². The molecule has 0 aromatic rings. The molecule has 0 nitrogen and oxygen atoms in total. The molecule has 0 aromatic heterocycles. The van der Waals surface area contributed by atoms with Crippen molar-refractivity contribution in [1.29, 1.82) is 0 Å². The molecule has 0 radical (unpaired) electrons. The molecule has 8 rings (SSSR count). The second-order valence-electron chi connectivity index (χ2n) is 5.45. The van der Waals surface area contributed by atoms with Gasteiger partial charge in [-0.05, 0) is 0 Å². The predicted octanol–water partition coefficient (Wildman–Crippen LogP) is 2.91. The lowest BCUT2D eigenvalue weighted by Crippen LogP contribution is -1.90. The number of alkyl halides is 6. The van der Waals surface area contributed by atoms with Crippen molar-refractivity contribution in [2.45, 2.75) is 29.2 Å². The van der Waals surface area contributed by atoms with Gasteiger partial charge in [0.1, 0.15) is 0 Å². The Bertz CT molecular complexity index is 402. The van der Waals surface area contributed by atoms with Crippen LogP contribution in [0.15, 0.2) is 0 Å². The third-order valence-corrected chi connectivity index (χ3v) is 11.7. The maximum Gasteiger partial charge on any atom is 0.0978 e. The highest BCUT2D eigenvalue weighted by molar-refractivity contribution is 6.76. The Kier molecular flexibility index (Phi) is 0.639. The topological polar surface area (TPSA) is 0 Å². The summed E-state index contributed by atoms with van der Waals surface area (Å²) in [4.78, 5) is -2.67. The van der Waals surface area contributed by atoms with Crippen LogP contribution in [0, 0.1) is 10.8 Å². The van der Waals surface area contributed by atoms with Gasteiger partial charge in [0.05, 0.1) is 29.2 Å². The van der Waals surface area contributed by atoms with Gasteiger partial charge < -0.3 is 0 Å². The second-order valence-corrected chi connectivity index (χ2v) is 8.85. The average molecular weight is 309 g/mol. The molecule has 8 saturated carbocycles. The van der Waals surface area contributed by atoms with E-state index >= 15 is 0 Å². The first-order valence-electron chi connectivity index (χ1n) is 4.38. The Labute approximate surface area is 109 Å². The summed E-state index contributed by atoms with van der Waals surface area (Å²) in [5.74, 6) is 0. The minimum absolute atomic E-state index is 0.240. The molecule has 14 heavy (non-hydrogen) atoms. The highest BCUT2D eigenvalue weighted by atomic mass is 35.5. The Balaban J connectivity index is 1.66. The van der Waals surface area contributed by atoms with Crippen LogP contribution in [0.5, 0.6) is 0 Å². The lowest BCUT2D eigenvalue weighted by atomic mass is 10.2. The average Bonchev–Trinajstić information content (AvgIpc) is 3.09. The van der Waals surface area contributed by atoms with E-state index in [-0.39, 0.29) is 10.8 Å². The lowest BCUT2D eigenvalue weighted by Gasteiger charge is -1.84. The molecule has 8 aliphatic carbocycles. The molecule has 74 valence electrons. The number of rotatable bonds is 1. The molecular weight excluding hydrogens is 309 g/mol. The van der Waals surface area contributed by atoms with Crippen LogP contribution >= 0.6 is 69.6 Å². The zero-order valence-corrected chi connectivity index (χ0v) is 10.8. The Morgan fingerprint density at radius 3 is 0.571 bits per heavy atom. The van der Waals surface area contributed by atoms with Crippen molar-refractivity contribution in [1.82, 2.24) is 0 Å². The smallest absolute Gasteiger partial charge is 0.0978 e. The molecule has 0 heterocycles. The van der Waals surface area contributed by atoms with Crippen molar-refractivity contribution < 1.29 is 0 Å².